The molecule has 3 rings (SSSR count). The van der Waals surface area contributed by atoms with Gasteiger partial charge in [0.15, 0.2) is 5.96 Å². The third-order valence-electron chi connectivity index (χ3n) is 4.75. The van der Waals surface area contributed by atoms with Gasteiger partial charge in [-0.1, -0.05) is 6.92 Å². The number of hydrogen-bond acceptors (Lipinski definition) is 4. The first-order valence-corrected chi connectivity index (χ1v) is 8.91. The van der Waals surface area contributed by atoms with Crippen LogP contribution >= 0.6 is 0 Å². The molecule has 0 aromatic carbocycles. The molecule has 136 valence electrons. The van der Waals surface area contributed by atoms with Crippen molar-refractivity contribution in [2.24, 2.45) is 10.9 Å². The average molecular weight is 345 g/mol. The first-order chi connectivity index (χ1) is 12.2. The number of aromatic nitrogens is 2. The monoisotopic (exact) mass is 345 g/mol. The number of likely N-dealkylation sites (tertiary alicyclic amines) is 1. The highest BCUT2D eigenvalue weighted by molar-refractivity contribution is 5.80. The van der Waals surface area contributed by atoms with Gasteiger partial charge in [-0.05, 0) is 31.4 Å². The van der Waals surface area contributed by atoms with Gasteiger partial charge >= 0.3 is 0 Å². The molecule has 1 aliphatic heterocycles. The molecular weight excluding hydrogens is 318 g/mol. The van der Waals surface area contributed by atoms with Crippen molar-refractivity contribution in [2.75, 3.05) is 26.2 Å². The maximum absolute atomic E-state index is 10.2. The standard InChI is InChI=1S/C18H27N5O2/c1-3-20-18(21-11-16(24)17-5-4-10-25-17)22-8-6-14(2)15(12-22)23-9-7-19-13-23/h4-5,7,9-10,13-16,24H,3,6,8,11-12H2,1-2H3,(H,20,21). The Morgan fingerprint density at radius 1 is 1.56 bits per heavy atom. The van der Waals surface area contributed by atoms with E-state index in [0.29, 0.717) is 17.7 Å². The van der Waals surface area contributed by atoms with Gasteiger partial charge < -0.3 is 24.3 Å². The molecule has 1 fully saturated rings. The van der Waals surface area contributed by atoms with Gasteiger partial charge in [0.2, 0.25) is 0 Å². The minimum atomic E-state index is -0.725. The molecule has 0 radical (unpaired) electrons. The zero-order valence-corrected chi connectivity index (χ0v) is 14.9. The molecule has 0 spiro atoms. The Balaban J connectivity index is 1.70. The van der Waals surface area contributed by atoms with Crippen LogP contribution in [-0.2, 0) is 0 Å². The lowest BCUT2D eigenvalue weighted by atomic mass is 9.93. The summed E-state index contributed by atoms with van der Waals surface area (Å²) in [5.41, 5.74) is 0. The van der Waals surface area contributed by atoms with Gasteiger partial charge in [0.05, 0.1) is 25.2 Å². The van der Waals surface area contributed by atoms with Gasteiger partial charge in [-0.2, -0.15) is 0 Å². The normalized spacial score (nSPS) is 22.8. The Morgan fingerprint density at radius 3 is 3.12 bits per heavy atom. The molecule has 0 saturated carbocycles. The lowest BCUT2D eigenvalue weighted by Gasteiger charge is -2.39. The van der Waals surface area contributed by atoms with Crippen LogP contribution in [-0.4, -0.2) is 51.7 Å². The van der Waals surface area contributed by atoms with Gasteiger partial charge in [-0.25, -0.2) is 9.98 Å². The number of nitrogens with one attached hydrogen (secondary N) is 1. The van der Waals surface area contributed by atoms with Gasteiger partial charge in [0, 0.05) is 32.0 Å². The molecule has 7 heteroatoms. The van der Waals surface area contributed by atoms with E-state index >= 15 is 0 Å². The maximum atomic E-state index is 10.2. The lowest BCUT2D eigenvalue weighted by Crippen LogP contribution is -2.49. The van der Waals surface area contributed by atoms with Crippen LogP contribution in [0.25, 0.3) is 0 Å². The average Bonchev–Trinajstić information content (AvgIpc) is 3.32. The Bertz CT molecular complexity index is 653. The van der Waals surface area contributed by atoms with E-state index in [1.54, 1.807) is 18.4 Å². The number of piperidine rings is 1. The maximum Gasteiger partial charge on any atom is 0.194 e. The van der Waals surface area contributed by atoms with E-state index in [4.69, 9.17) is 4.42 Å². The van der Waals surface area contributed by atoms with Crippen LogP contribution in [0.3, 0.4) is 0 Å². The van der Waals surface area contributed by atoms with Gasteiger partial charge in [0.25, 0.3) is 0 Å². The highest BCUT2D eigenvalue weighted by atomic mass is 16.4. The lowest BCUT2D eigenvalue weighted by molar-refractivity contribution is 0.156. The number of hydrogen-bond donors (Lipinski definition) is 2. The molecule has 0 aliphatic carbocycles. The van der Waals surface area contributed by atoms with Crippen LogP contribution in [0, 0.1) is 5.92 Å². The number of aliphatic imine (C=N–C) groups is 1. The Kier molecular flexibility index (Phi) is 5.75. The fourth-order valence-electron chi connectivity index (χ4n) is 3.26. The number of guanidine groups is 1. The highest BCUT2D eigenvalue weighted by Gasteiger charge is 2.29. The number of aliphatic hydroxyl groups is 1. The molecule has 3 unspecified atom stereocenters. The SMILES string of the molecule is CCNC(=NCC(O)c1ccco1)N1CCC(C)C(n2ccnc2)C1. The Labute approximate surface area is 148 Å². The van der Waals surface area contributed by atoms with E-state index in [0.717, 1.165) is 32.0 Å². The Hall–Kier alpha value is -2.28. The van der Waals surface area contributed by atoms with Crippen molar-refractivity contribution in [3.05, 3.63) is 42.9 Å². The van der Waals surface area contributed by atoms with Crippen molar-refractivity contribution in [1.82, 2.24) is 19.8 Å². The molecule has 0 bridgehead atoms. The fraction of sp³-hybridized carbons (Fsp3) is 0.556. The summed E-state index contributed by atoms with van der Waals surface area (Å²) < 4.78 is 7.43. The molecule has 3 atom stereocenters. The van der Waals surface area contributed by atoms with E-state index in [-0.39, 0.29) is 6.54 Å². The highest BCUT2D eigenvalue weighted by Crippen LogP contribution is 2.27. The van der Waals surface area contributed by atoms with Crippen LogP contribution in [0.5, 0.6) is 0 Å². The zero-order chi connectivity index (χ0) is 17.6. The Morgan fingerprint density at radius 2 is 2.44 bits per heavy atom. The number of aliphatic hydroxyl groups excluding tert-OH is 1. The second-order valence-corrected chi connectivity index (χ2v) is 6.52. The predicted octanol–water partition coefficient (Wildman–Crippen LogP) is 2.06. The number of imidazole rings is 1. The van der Waals surface area contributed by atoms with Crippen LogP contribution in [0.2, 0.25) is 0 Å². The quantitative estimate of drug-likeness (QED) is 0.640. The minimum Gasteiger partial charge on any atom is -0.467 e. The van der Waals surface area contributed by atoms with E-state index in [1.165, 1.54) is 0 Å². The molecule has 1 saturated heterocycles. The largest absolute Gasteiger partial charge is 0.467 e. The molecule has 1 aliphatic rings. The van der Waals surface area contributed by atoms with Crippen LogP contribution in [0.4, 0.5) is 0 Å². The number of furan rings is 1. The molecule has 2 N–H and O–H groups in total. The first kappa shape index (κ1) is 17.5. The summed E-state index contributed by atoms with van der Waals surface area (Å²) in [6.45, 7) is 7.23. The second-order valence-electron chi connectivity index (χ2n) is 6.52. The van der Waals surface area contributed by atoms with Crippen molar-refractivity contribution in [1.29, 1.82) is 0 Å². The van der Waals surface area contributed by atoms with Crippen LogP contribution < -0.4 is 5.32 Å². The summed E-state index contributed by atoms with van der Waals surface area (Å²) in [5.74, 6) is 1.97. The first-order valence-electron chi connectivity index (χ1n) is 8.91. The molecule has 3 heterocycles. The minimum absolute atomic E-state index is 0.275. The van der Waals surface area contributed by atoms with Crippen molar-refractivity contribution in [3.63, 3.8) is 0 Å². The van der Waals surface area contributed by atoms with Crippen LogP contribution in [0.1, 0.15) is 38.2 Å². The molecule has 2 aromatic rings. The summed E-state index contributed by atoms with van der Waals surface area (Å²) >= 11 is 0. The topological polar surface area (TPSA) is 78.8 Å². The molecule has 25 heavy (non-hydrogen) atoms. The van der Waals surface area contributed by atoms with Gasteiger partial charge in [0.1, 0.15) is 11.9 Å². The fourth-order valence-corrected chi connectivity index (χ4v) is 3.26. The van der Waals surface area contributed by atoms with Crippen molar-refractivity contribution in [2.45, 2.75) is 32.4 Å². The van der Waals surface area contributed by atoms with Gasteiger partial charge in [-0.15, -0.1) is 0 Å². The van der Waals surface area contributed by atoms with Gasteiger partial charge in [-0.3, -0.25) is 0 Å². The van der Waals surface area contributed by atoms with E-state index in [9.17, 15) is 5.11 Å². The van der Waals surface area contributed by atoms with Crippen LogP contribution in [0.15, 0.2) is 46.5 Å². The molecule has 7 nitrogen and oxygen atoms in total. The zero-order valence-electron chi connectivity index (χ0n) is 14.9. The summed E-state index contributed by atoms with van der Waals surface area (Å²) in [6.07, 6.45) is 7.66. The van der Waals surface area contributed by atoms with E-state index < -0.39 is 6.10 Å². The summed E-state index contributed by atoms with van der Waals surface area (Å²) in [6, 6.07) is 3.91. The summed E-state index contributed by atoms with van der Waals surface area (Å²) in [5, 5.41) is 13.6. The molecule has 0 amide bonds. The third-order valence-corrected chi connectivity index (χ3v) is 4.75. The molecule has 2 aromatic heterocycles. The predicted molar refractivity (Wildman–Crippen MR) is 96.3 cm³/mol. The van der Waals surface area contributed by atoms with Crippen molar-refractivity contribution >= 4 is 5.96 Å². The third kappa shape index (κ3) is 4.22. The second kappa shape index (κ2) is 8.20. The number of rotatable bonds is 5. The smallest absolute Gasteiger partial charge is 0.194 e. The van der Waals surface area contributed by atoms with E-state index in [2.05, 4.69) is 38.6 Å². The van der Waals surface area contributed by atoms with Crippen molar-refractivity contribution in [3.8, 4) is 0 Å². The van der Waals surface area contributed by atoms with Crippen molar-refractivity contribution < 1.29 is 9.52 Å². The number of nitrogens with zero attached hydrogens (tertiary/aromatic N) is 4. The summed E-state index contributed by atoms with van der Waals surface area (Å²) in [4.78, 5) is 11.1. The molecular formula is C18H27N5O2. The van der Waals surface area contributed by atoms with E-state index in [1.807, 2.05) is 18.7 Å². The summed E-state index contributed by atoms with van der Waals surface area (Å²) in [7, 11) is 0.